The van der Waals surface area contributed by atoms with Gasteiger partial charge in [-0.05, 0) is 86.0 Å². The highest BCUT2D eigenvalue weighted by Crippen LogP contribution is 2.33. The lowest BCUT2D eigenvalue weighted by Crippen LogP contribution is -2.44. The zero-order chi connectivity index (χ0) is 24.3. The average Bonchev–Trinajstić information content (AvgIpc) is 3.57. The normalized spacial score (nSPS) is 19.3. The van der Waals surface area contributed by atoms with Crippen molar-refractivity contribution < 1.29 is 17.9 Å². The third-order valence-corrected chi connectivity index (χ3v) is 8.11. The number of Topliss-reactive ketones (excluding diaryl/α,β-unsaturated/α-hetero) is 1. The number of ether oxygens (including phenoxy) is 1. The molecule has 2 aromatic carbocycles. The molecule has 34 heavy (non-hydrogen) atoms. The van der Waals surface area contributed by atoms with Crippen molar-refractivity contribution in [1.29, 1.82) is 0 Å². The molecular weight excluding hydrogens is 448 g/mol. The van der Waals surface area contributed by atoms with Gasteiger partial charge < -0.3 is 4.74 Å². The number of hydrogen-bond donors (Lipinski definition) is 1. The molecule has 0 spiro atoms. The van der Waals surface area contributed by atoms with Crippen LogP contribution in [0.1, 0.15) is 68.8 Å². The monoisotopic (exact) mass is 484 g/mol. The van der Waals surface area contributed by atoms with Gasteiger partial charge in [0.2, 0.25) is 10.0 Å². The van der Waals surface area contributed by atoms with Crippen molar-refractivity contribution in [2.24, 2.45) is 5.92 Å². The second kappa shape index (κ2) is 10.2. The summed E-state index contributed by atoms with van der Waals surface area (Å²) >= 11 is 0. The summed E-state index contributed by atoms with van der Waals surface area (Å²) in [5, 5.41) is 0. The molecule has 0 radical (unpaired) electrons. The minimum Gasteiger partial charge on any atom is -0.494 e. The van der Waals surface area contributed by atoms with Gasteiger partial charge in [-0.25, -0.2) is 8.42 Å². The first-order valence-corrected chi connectivity index (χ1v) is 13.8. The molecule has 1 N–H and O–H groups in total. The standard InChI is InChI=1S/C27H36N2O4S/c1-27(2,3)22-11-15-24(16-12-22)34(31,32)28-25-6-4-17-29(25)18-5-19-33-23-13-9-21(10-14-23)26(30)20-7-8-20/h9-16,20,25,28H,4-8,17-19H2,1-3H3. The molecule has 0 aromatic heterocycles. The van der Waals surface area contributed by atoms with Crippen LogP contribution in [0.4, 0.5) is 0 Å². The van der Waals surface area contributed by atoms with Gasteiger partial charge in [-0.3, -0.25) is 9.69 Å². The SMILES string of the molecule is CC(C)(C)c1ccc(S(=O)(=O)NC2CCCN2CCCOc2ccc(C(=O)C3CC3)cc2)cc1. The highest BCUT2D eigenvalue weighted by molar-refractivity contribution is 7.89. The first kappa shape index (κ1) is 24.9. The van der Waals surface area contributed by atoms with Gasteiger partial charge in [0.15, 0.2) is 5.78 Å². The molecule has 184 valence electrons. The van der Waals surface area contributed by atoms with Gasteiger partial charge in [-0.2, -0.15) is 4.72 Å². The molecule has 1 heterocycles. The van der Waals surface area contributed by atoms with E-state index < -0.39 is 10.0 Å². The Morgan fingerprint density at radius 2 is 1.71 bits per heavy atom. The Labute approximate surface area is 203 Å². The number of carbonyl (C=O) groups excluding carboxylic acids is 1. The van der Waals surface area contributed by atoms with E-state index in [0.29, 0.717) is 11.5 Å². The lowest BCUT2D eigenvalue weighted by Gasteiger charge is -2.25. The van der Waals surface area contributed by atoms with Crippen molar-refractivity contribution in [3.8, 4) is 5.75 Å². The molecule has 0 amide bonds. The molecule has 2 aromatic rings. The van der Waals surface area contributed by atoms with E-state index in [2.05, 4.69) is 30.4 Å². The zero-order valence-corrected chi connectivity index (χ0v) is 21.2. The van der Waals surface area contributed by atoms with Gasteiger partial charge in [-0.15, -0.1) is 0 Å². The molecule has 1 saturated heterocycles. The Morgan fingerprint density at radius 3 is 2.32 bits per heavy atom. The number of likely N-dealkylation sites (tertiary alicyclic amines) is 1. The van der Waals surface area contributed by atoms with Crippen molar-refractivity contribution in [3.05, 3.63) is 59.7 Å². The van der Waals surface area contributed by atoms with Crippen LogP contribution in [0, 0.1) is 5.92 Å². The van der Waals surface area contributed by atoms with Gasteiger partial charge >= 0.3 is 0 Å². The van der Waals surface area contributed by atoms with Gasteiger partial charge in [0.1, 0.15) is 5.75 Å². The Hall–Kier alpha value is -2.22. The first-order chi connectivity index (χ1) is 16.1. The smallest absolute Gasteiger partial charge is 0.241 e. The van der Waals surface area contributed by atoms with Crippen molar-refractivity contribution >= 4 is 15.8 Å². The number of sulfonamides is 1. The summed E-state index contributed by atoms with van der Waals surface area (Å²) < 4.78 is 34.6. The van der Waals surface area contributed by atoms with Gasteiger partial charge in [0.25, 0.3) is 0 Å². The van der Waals surface area contributed by atoms with Crippen LogP contribution in [0.15, 0.2) is 53.4 Å². The topological polar surface area (TPSA) is 75.7 Å². The zero-order valence-electron chi connectivity index (χ0n) is 20.4. The van der Waals surface area contributed by atoms with Gasteiger partial charge in [0, 0.05) is 18.0 Å². The fourth-order valence-corrected chi connectivity index (χ4v) is 5.62. The molecule has 7 heteroatoms. The van der Waals surface area contributed by atoms with E-state index in [4.69, 9.17) is 4.74 Å². The summed E-state index contributed by atoms with van der Waals surface area (Å²) in [6, 6.07) is 14.6. The van der Waals surface area contributed by atoms with E-state index in [1.165, 1.54) is 0 Å². The van der Waals surface area contributed by atoms with Gasteiger partial charge in [-0.1, -0.05) is 32.9 Å². The third-order valence-electron chi connectivity index (χ3n) is 6.63. The lowest BCUT2D eigenvalue weighted by molar-refractivity contribution is 0.0967. The molecule has 2 fully saturated rings. The number of rotatable bonds is 10. The summed E-state index contributed by atoms with van der Waals surface area (Å²) in [7, 11) is -3.58. The molecular formula is C27H36N2O4S. The van der Waals surface area contributed by atoms with Crippen LogP contribution in [-0.2, 0) is 15.4 Å². The number of hydrogen-bond acceptors (Lipinski definition) is 5. The Morgan fingerprint density at radius 1 is 1.03 bits per heavy atom. The molecule has 1 unspecified atom stereocenters. The van der Waals surface area contributed by atoms with E-state index in [1.807, 2.05) is 36.4 Å². The Kier molecular flexibility index (Phi) is 7.45. The summed E-state index contributed by atoms with van der Waals surface area (Å²) in [5.74, 6) is 1.21. The van der Waals surface area contributed by atoms with Crippen LogP contribution in [0.2, 0.25) is 0 Å². The van der Waals surface area contributed by atoms with Crippen molar-refractivity contribution in [3.63, 3.8) is 0 Å². The number of nitrogens with one attached hydrogen (secondary N) is 1. The maximum atomic E-state index is 12.9. The van der Waals surface area contributed by atoms with E-state index in [9.17, 15) is 13.2 Å². The molecule has 1 atom stereocenters. The van der Waals surface area contributed by atoms with Crippen molar-refractivity contribution in [2.45, 2.75) is 69.4 Å². The van der Waals surface area contributed by atoms with Crippen LogP contribution in [0.25, 0.3) is 0 Å². The largest absolute Gasteiger partial charge is 0.494 e. The van der Waals surface area contributed by atoms with Gasteiger partial charge in [0.05, 0.1) is 17.7 Å². The van der Waals surface area contributed by atoms with Crippen LogP contribution in [0.5, 0.6) is 5.75 Å². The first-order valence-electron chi connectivity index (χ1n) is 12.3. The van der Waals surface area contributed by atoms with Crippen LogP contribution >= 0.6 is 0 Å². The van der Waals surface area contributed by atoms with Crippen LogP contribution in [-0.4, -0.2) is 45.0 Å². The Balaban J connectivity index is 1.25. The maximum absolute atomic E-state index is 12.9. The summed E-state index contributed by atoms with van der Waals surface area (Å²) in [4.78, 5) is 14.6. The number of ketones is 1. The molecule has 4 rings (SSSR count). The second-order valence-electron chi connectivity index (χ2n) is 10.5. The molecule has 1 saturated carbocycles. The van der Waals surface area contributed by atoms with E-state index in [1.54, 1.807) is 12.1 Å². The van der Waals surface area contributed by atoms with E-state index >= 15 is 0 Å². The Bertz CT molecular complexity index is 1080. The molecule has 2 aliphatic rings. The van der Waals surface area contributed by atoms with Crippen LogP contribution in [0.3, 0.4) is 0 Å². The average molecular weight is 485 g/mol. The maximum Gasteiger partial charge on any atom is 0.241 e. The predicted octanol–water partition coefficient (Wildman–Crippen LogP) is 4.75. The van der Waals surface area contributed by atoms with Crippen LogP contribution < -0.4 is 9.46 Å². The molecule has 1 aliphatic heterocycles. The third kappa shape index (κ3) is 6.26. The fraction of sp³-hybridized carbons (Fsp3) is 0.519. The van der Waals surface area contributed by atoms with Crippen molar-refractivity contribution in [2.75, 3.05) is 19.7 Å². The van der Waals surface area contributed by atoms with E-state index in [0.717, 1.165) is 62.1 Å². The fourth-order valence-electron chi connectivity index (χ4n) is 4.36. The quantitative estimate of drug-likeness (QED) is 0.389. The number of carbonyl (C=O) groups is 1. The number of benzene rings is 2. The molecule has 6 nitrogen and oxygen atoms in total. The minimum absolute atomic E-state index is 0.0177. The summed E-state index contributed by atoms with van der Waals surface area (Å²) in [5.41, 5.74) is 1.85. The predicted molar refractivity (Wildman–Crippen MR) is 134 cm³/mol. The second-order valence-corrected chi connectivity index (χ2v) is 12.2. The number of nitrogens with zero attached hydrogens (tertiary/aromatic N) is 1. The molecule has 0 bridgehead atoms. The lowest BCUT2D eigenvalue weighted by atomic mass is 9.87. The summed E-state index contributed by atoms with van der Waals surface area (Å²) in [6.07, 6.45) is 4.38. The highest BCUT2D eigenvalue weighted by atomic mass is 32.2. The van der Waals surface area contributed by atoms with E-state index in [-0.39, 0.29) is 23.3 Å². The van der Waals surface area contributed by atoms with Crippen molar-refractivity contribution in [1.82, 2.24) is 9.62 Å². The minimum atomic E-state index is -3.58. The molecule has 1 aliphatic carbocycles. The summed E-state index contributed by atoms with van der Waals surface area (Å²) in [6.45, 7) is 8.50. The highest BCUT2D eigenvalue weighted by Gasteiger charge is 2.30.